The molecule has 0 saturated carbocycles. The van der Waals surface area contributed by atoms with Gasteiger partial charge in [-0.05, 0) is 68.9 Å². The molecule has 1 aliphatic rings. The van der Waals surface area contributed by atoms with Crippen molar-refractivity contribution in [2.24, 2.45) is 0 Å². The number of benzene rings is 7. The maximum Gasteiger partial charge on any atom is 0.236 e. The maximum absolute atomic E-state index is 6.49. The van der Waals surface area contributed by atoms with E-state index in [9.17, 15) is 0 Å². The Labute approximate surface area is 252 Å². The molecule has 4 heteroatoms. The second kappa shape index (κ2) is 8.76. The first kappa shape index (κ1) is 23.6. The first-order valence-electron chi connectivity index (χ1n) is 14.8. The molecule has 0 atom stereocenters. The first-order valence-corrected chi connectivity index (χ1v) is 14.8. The highest BCUT2D eigenvalue weighted by molar-refractivity contribution is 6.16. The van der Waals surface area contributed by atoms with Gasteiger partial charge in [-0.3, -0.25) is 4.90 Å². The molecule has 7 aromatic carbocycles. The summed E-state index contributed by atoms with van der Waals surface area (Å²) in [7, 11) is 0. The van der Waals surface area contributed by atoms with Crippen molar-refractivity contribution in [1.29, 1.82) is 0 Å². The monoisotopic (exact) mass is 561 g/mol. The predicted molar refractivity (Wildman–Crippen MR) is 181 cm³/mol. The van der Waals surface area contributed by atoms with Crippen LogP contribution >= 0.6 is 0 Å². The van der Waals surface area contributed by atoms with Gasteiger partial charge in [0.05, 0.1) is 11.4 Å². The van der Waals surface area contributed by atoms with Crippen LogP contribution in [0.25, 0.3) is 76.8 Å². The molecule has 0 fully saturated rings. The van der Waals surface area contributed by atoms with Gasteiger partial charge in [0.15, 0.2) is 5.58 Å². The lowest BCUT2D eigenvalue weighted by Gasteiger charge is -2.32. The topological polar surface area (TPSA) is 42.2 Å². The van der Waals surface area contributed by atoms with Gasteiger partial charge in [-0.1, -0.05) is 103 Å². The SMILES string of the molecule is c1ccc2cc(-c3nc(N4c5cc6ccccc6cc5-c5cccc6cccc4c56)nc4c3oc3ccccc34)ccc2c1. The summed E-state index contributed by atoms with van der Waals surface area (Å²) < 4.78 is 6.49. The number of rotatable bonds is 2. The van der Waals surface area contributed by atoms with Gasteiger partial charge >= 0.3 is 0 Å². The molecule has 10 rings (SSSR count). The minimum Gasteiger partial charge on any atom is -0.452 e. The summed E-state index contributed by atoms with van der Waals surface area (Å²) in [5.41, 5.74) is 8.59. The number of aromatic nitrogens is 2. The van der Waals surface area contributed by atoms with Crippen LogP contribution in [0.4, 0.5) is 17.3 Å². The van der Waals surface area contributed by atoms with E-state index in [1.807, 2.05) is 18.2 Å². The Morgan fingerprint density at radius 1 is 0.500 bits per heavy atom. The number of hydrogen-bond acceptors (Lipinski definition) is 4. The Kier molecular flexibility index (Phi) is 4.69. The van der Waals surface area contributed by atoms with Gasteiger partial charge in [-0.15, -0.1) is 0 Å². The quantitative estimate of drug-likeness (QED) is 0.211. The lowest BCUT2D eigenvalue weighted by atomic mass is 9.89. The van der Waals surface area contributed by atoms with Gasteiger partial charge in [-0.2, -0.15) is 0 Å². The fourth-order valence-electron chi connectivity index (χ4n) is 6.92. The molecule has 2 aromatic heterocycles. The molecule has 0 N–H and O–H groups in total. The van der Waals surface area contributed by atoms with Gasteiger partial charge in [0, 0.05) is 21.9 Å². The number of anilines is 3. The zero-order valence-electron chi connectivity index (χ0n) is 23.5. The van der Waals surface area contributed by atoms with Crippen LogP contribution < -0.4 is 4.90 Å². The van der Waals surface area contributed by atoms with Crippen LogP contribution in [-0.4, -0.2) is 9.97 Å². The molecule has 0 unspecified atom stereocenters. The van der Waals surface area contributed by atoms with Crippen LogP contribution in [0.1, 0.15) is 0 Å². The molecule has 9 aromatic rings. The highest BCUT2D eigenvalue weighted by Gasteiger charge is 2.29. The molecule has 0 spiro atoms. The minimum atomic E-state index is 0.616. The van der Waals surface area contributed by atoms with Crippen molar-refractivity contribution in [2.45, 2.75) is 0 Å². The normalized spacial score (nSPS) is 12.5. The lowest BCUT2D eigenvalue weighted by Crippen LogP contribution is -2.18. The van der Waals surface area contributed by atoms with E-state index in [1.54, 1.807) is 0 Å². The van der Waals surface area contributed by atoms with Crippen LogP contribution in [0.15, 0.2) is 144 Å². The number of para-hydroxylation sites is 1. The van der Waals surface area contributed by atoms with E-state index < -0.39 is 0 Å². The van der Waals surface area contributed by atoms with Crippen molar-refractivity contribution in [3.05, 3.63) is 140 Å². The van der Waals surface area contributed by atoms with E-state index >= 15 is 0 Å². The summed E-state index contributed by atoms with van der Waals surface area (Å²) in [5.74, 6) is 0.616. The molecule has 0 amide bonds. The average Bonchev–Trinajstić information content (AvgIpc) is 3.46. The van der Waals surface area contributed by atoms with Gasteiger partial charge in [0.1, 0.15) is 16.8 Å². The van der Waals surface area contributed by atoms with E-state index in [-0.39, 0.29) is 0 Å². The lowest BCUT2D eigenvalue weighted by molar-refractivity contribution is 0.667. The summed E-state index contributed by atoms with van der Waals surface area (Å²) in [6.45, 7) is 0. The summed E-state index contributed by atoms with van der Waals surface area (Å²) in [6, 6.07) is 49.2. The molecule has 3 heterocycles. The molecule has 0 bridgehead atoms. The molecule has 4 nitrogen and oxygen atoms in total. The third-order valence-corrected chi connectivity index (χ3v) is 8.95. The largest absolute Gasteiger partial charge is 0.452 e. The van der Waals surface area contributed by atoms with Gasteiger partial charge in [-0.25, -0.2) is 9.97 Å². The molecule has 0 saturated heterocycles. The molecule has 0 aliphatic carbocycles. The van der Waals surface area contributed by atoms with Crippen molar-refractivity contribution in [3.63, 3.8) is 0 Å². The first-order chi connectivity index (χ1) is 21.8. The Hall–Kier alpha value is -6.00. The molecule has 0 radical (unpaired) electrons. The van der Waals surface area contributed by atoms with Crippen molar-refractivity contribution in [3.8, 4) is 22.4 Å². The van der Waals surface area contributed by atoms with E-state index in [0.717, 1.165) is 44.5 Å². The Balaban J connectivity index is 1.33. The fraction of sp³-hybridized carbons (Fsp3) is 0. The van der Waals surface area contributed by atoms with E-state index in [4.69, 9.17) is 14.4 Å². The Bertz CT molecular complexity index is 2630. The third-order valence-electron chi connectivity index (χ3n) is 8.95. The summed E-state index contributed by atoms with van der Waals surface area (Å²) in [5, 5.41) is 8.08. The molecular formula is C40H23N3O. The molecule has 204 valence electrons. The molecule has 44 heavy (non-hydrogen) atoms. The highest BCUT2D eigenvalue weighted by Crippen LogP contribution is 2.51. The average molecular weight is 562 g/mol. The van der Waals surface area contributed by atoms with Crippen molar-refractivity contribution in [1.82, 2.24) is 9.97 Å². The van der Waals surface area contributed by atoms with E-state index in [2.05, 4.69) is 126 Å². The maximum atomic E-state index is 6.49. The molecule has 1 aliphatic heterocycles. The Morgan fingerprint density at radius 3 is 2.07 bits per heavy atom. The highest BCUT2D eigenvalue weighted by atomic mass is 16.3. The predicted octanol–water partition coefficient (Wildman–Crippen LogP) is 11.0. The number of hydrogen-bond donors (Lipinski definition) is 0. The zero-order valence-corrected chi connectivity index (χ0v) is 23.5. The minimum absolute atomic E-state index is 0.616. The smallest absolute Gasteiger partial charge is 0.236 e. The number of furan rings is 1. The van der Waals surface area contributed by atoms with E-state index in [0.29, 0.717) is 11.5 Å². The van der Waals surface area contributed by atoms with Crippen LogP contribution in [-0.2, 0) is 0 Å². The summed E-state index contributed by atoms with van der Waals surface area (Å²) >= 11 is 0. The summed E-state index contributed by atoms with van der Waals surface area (Å²) in [6.07, 6.45) is 0. The summed E-state index contributed by atoms with van der Waals surface area (Å²) in [4.78, 5) is 12.9. The van der Waals surface area contributed by atoms with Crippen molar-refractivity contribution in [2.75, 3.05) is 4.90 Å². The van der Waals surface area contributed by atoms with Gasteiger partial charge in [0.2, 0.25) is 5.95 Å². The second-order valence-electron chi connectivity index (χ2n) is 11.4. The second-order valence-corrected chi connectivity index (χ2v) is 11.4. The molecular weight excluding hydrogens is 538 g/mol. The van der Waals surface area contributed by atoms with Crippen LogP contribution in [0.2, 0.25) is 0 Å². The van der Waals surface area contributed by atoms with E-state index in [1.165, 1.54) is 38.1 Å². The number of nitrogens with zero attached hydrogens (tertiary/aromatic N) is 3. The fourth-order valence-corrected chi connectivity index (χ4v) is 6.92. The van der Waals surface area contributed by atoms with Crippen molar-refractivity contribution >= 4 is 71.7 Å². The number of fused-ring (bicyclic) bond motifs is 7. The third kappa shape index (κ3) is 3.28. The van der Waals surface area contributed by atoms with Crippen LogP contribution in [0.3, 0.4) is 0 Å². The van der Waals surface area contributed by atoms with Crippen molar-refractivity contribution < 1.29 is 4.42 Å². The van der Waals surface area contributed by atoms with Gasteiger partial charge in [0.25, 0.3) is 0 Å². The Morgan fingerprint density at radius 2 is 1.20 bits per heavy atom. The van der Waals surface area contributed by atoms with Crippen LogP contribution in [0.5, 0.6) is 0 Å². The standard InChI is InChI=1S/C40H23N3O/c1-2-10-26-21-29(20-19-24(26)9-1)37-39-38(31-15-5-6-18-35(31)44-39)42-40(41-37)43-33-17-8-14-25-13-7-16-30(36(25)33)32-22-27-11-3-4-12-28(27)23-34(32)43/h1-23H. The van der Waals surface area contributed by atoms with Crippen LogP contribution in [0, 0.1) is 0 Å². The van der Waals surface area contributed by atoms with Gasteiger partial charge < -0.3 is 4.42 Å². The zero-order chi connectivity index (χ0) is 28.8.